The lowest BCUT2D eigenvalue weighted by molar-refractivity contribution is -0.274. The van der Waals surface area contributed by atoms with Crippen LogP contribution in [-0.4, -0.2) is 43.5 Å². The highest BCUT2D eigenvalue weighted by Gasteiger charge is 2.31. The van der Waals surface area contributed by atoms with Crippen LogP contribution in [-0.2, 0) is 16.1 Å². The summed E-state index contributed by atoms with van der Waals surface area (Å²) >= 11 is 0. The maximum absolute atomic E-state index is 12.4. The molecule has 1 amide bonds. The van der Waals surface area contributed by atoms with Gasteiger partial charge in [0.2, 0.25) is 5.91 Å². The van der Waals surface area contributed by atoms with Crippen LogP contribution in [0.4, 0.5) is 13.2 Å². The van der Waals surface area contributed by atoms with E-state index < -0.39 is 12.4 Å². The summed E-state index contributed by atoms with van der Waals surface area (Å²) in [6.07, 6.45) is -3.28. The molecular formula is C16H21F3N2O3. The molecule has 8 heteroatoms. The second-order valence-electron chi connectivity index (χ2n) is 5.87. The third-order valence-corrected chi connectivity index (χ3v) is 3.99. The number of rotatable bonds is 5. The molecule has 1 unspecified atom stereocenters. The van der Waals surface area contributed by atoms with Crippen LogP contribution in [0.3, 0.4) is 0 Å². The van der Waals surface area contributed by atoms with Gasteiger partial charge in [-0.25, -0.2) is 0 Å². The SMILES string of the molecule is CN(Cc1cccc(OC(F)(F)F)c1)C(=O)C(N)C1CCOCC1. The molecule has 0 spiro atoms. The maximum atomic E-state index is 12.4. The summed E-state index contributed by atoms with van der Waals surface area (Å²) in [6, 6.07) is 4.93. The first-order chi connectivity index (χ1) is 11.3. The van der Waals surface area contributed by atoms with Crippen molar-refractivity contribution in [2.45, 2.75) is 31.8 Å². The minimum absolute atomic E-state index is 0.0635. The van der Waals surface area contributed by atoms with E-state index in [9.17, 15) is 18.0 Å². The zero-order valence-electron chi connectivity index (χ0n) is 13.4. The molecule has 5 nitrogen and oxygen atoms in total. The fourth-order valence-electron chi connectivity index (χ4n) is 2.72. The number of hydrogen-bond donors (Lipinski definition) is 1. The minimum Gasteiger partial charge on any atom is -0.406 e. The van der Waals surface area contributed by atoms with Crippen LogP contribution in [0.15, 0.2) is 24.3 Å². The monoisotopic (exact) mass is 346 g/mol. The summed E-state index contributed by atoms with van der Waals surface area (Å²) in [5, 5.41) is 0. The lowest BCUT2D eigenvalue weighted by atomic mass is 9.91. The number of likely N-dealkylation sites (N-methyl/N-ethyl adjacent to an activating group) is 1. The van der Waals surface area contributed by atoms with Gasteiger partial charge in [-0.3, -0.25) is 4.79 Å². The van der Waals surface area contributed by atoms with Crippen LogP contribution in [0.1, 0.15) is 18.4 Å². The van der Waals surface area contributed by atoms with Gasteiger partial charge in [0.25, 0.3) is 0 Å². The van der Waals surface area contributed by atoms with Crippen molar-refractivity contribution in [3.05, 3.63) is 29.8 Å². The highest BCUT2D eigenvalue weighted by Crippen LogP contribution is 2.24. The molecule has 0 aliphatic carbocycles. The van der Waals surface area contributed by atoms with E-state index in [-0.39, 0.29) is 24.1 Å². The largest absolute Gasteiger partial charge is 0.573 e. The van der Waals surface area contributed by atoms with E-state index in [1.165, 1.54) is 23.1 Å². The number of hydrogen-bond acceptors (Lipinski definition) is 4. The Morgan fingerprint density at radius 3 is 2.71 bits per heavy atom. The van der Waals surface area contributed by atoms with E-state index in [2.05, 4.69) is 4.74 Å². The molecule has 0 saturated carbocycles. The van der Waals surface area contributed by atoms with Gasteiger partial charge < -0.3 is 20.1 Å². The molecule has 1 aliphatic rings. The standard InChI is InChI=1S/C16H21F3N2O3/c1-21(15(22)14(20)12-5-7-23-8-6-12)10-11-3-2-4-13(9-11)24-16(17,18)19/h2-4,9,12,14H,5-8,10,20H2,1H3. The van der Waals surface area contributed by atoms with E-state index in [1.807, 2.05) is 0 Å². The molecule has 0 radical (unpaired) electrons. The highest BCUT2D eigenvalue weighted by atomic mass is 19.4. The van der Waals surface area contributed by atoms with E-state index in [0.29, 0.717) is 18.8 Å². The van der Waals surface area contributed by atoms with Crippen molar-refractivity contribution >= 4 is 5.91 Å². The van der Waals surface area contributed by atoms with Gasteiger partial charge >= 0.3 is 6.36 Å². The van der Waals surface area contributed by atoms with E-state index in [0.717, 1.165) is 12.8 Å². The summed E-state index contributed by atoms with van der Waals surface area (Å²) in [5.74, 6) is -0.479. The Hall–Kier alpha value is -1.80. The topological polar surface area (TPSA) is 64.8 Å². The lowest BCUT2D eigenvalue weighted by Gasteiger charge is -2.30. The van der Waals surface area contributed by atoms with E-state index in [1.54, 1.807) is 13.1 Å². The summed E-state index contributed by atoms with van der Waals surface area (Å²) in [5.41, 5.74) is 6.57. The Balaban J connectivity index is 1.96. The van der Waals surface area contributed by atoms with Gasteiger partial charge in [0.1, 0.15) is 5.75 Å². The number of benzene rings is 1. The van der Waals surface area contributed by atoms with Crippen molar-refractivity contribution in [3.63, 3.8) is 0 Å². The average molecular weight is 346 g/mol. The number of amides is 1. The van der Waals surface area contributed by atoms with E-state index >= 15 is 0 Å². The van der Waals surface area contributed by atoms with Crippen molar-refractivity contribution in [2.24, 2.45) is 11.7 Å². The molecule has 1 atom stereocenters. The van der Waals surface area contributed by atoms with Crippen LogP contribution in [0.2, 0.25) is 0 Å². The van der Waals surface area contributed by atoms with Crippen molar-refractivity contribution in [2.75, 3.05) is 20.3 Å². The average Bonchev–Trinajstić information content (AvgIpc) is 2.53. The number of alkyl halides is 3. The Bertz CT molecular complexity index is 560. The van der Waals surface area contributed by atoms with Gasteiger partial charge in [-0.15, -0.1) is 13.2 Å². The molecule has 1 heterocycles. The molecule has 134 valence electrons. The lowest BCUT2D eigenvalue weighted by Crippen LogP contribution is -2.47. The Labute approximate surface area is 138 Å². The zero-order chi connectivity index (χ0) is 17.7. The van der Waals surface area contributed by atoms with Crippen LogP contribution in [0.25, 0.3) is 0 Å². The van der Waals surface area contributed by atoms with Gasteiger partial charge in [-0.05, 0) is 36.5 Å². The highest BCUT2D eigenvalue weighted by molar-refractivity contribution is 5.81. The smallest absolute Gasteiger partial charge is 0.406 e. The molecule has 1 aromatic carbocycles. The molecule has 1 aliphatic heterocycles. The zero-order valence-corrected chi connectivity index (χ0v) is 13.4. The predicted octanol–water partition coefficient (Wildman–Crippen LogP) is 2.30. The molecule has 0 bridgehead atoms. The molecule has 1 saturated heterocycles. The van der Waals surface area contributed by atoms with Crippen molar-refractivity contribution in [3.8, 4) is 5.75 Å². The number of carbonyl (C=O) groups excluding carboxylic acids is 1. The van der Waals surface area contributed by atoms with Gasteiger partial charge in [-0.2, -0.15) is 0 Å². The number of nitrogens with two attached hydrogens (primary N) is 1. The first kappa shape index (κ1) is 18.5. The first-order valence-electron chi connectivity index (χ1n) is 7.69. The van der Waals surface area contributed by atoms with E-state index in [4.69, 9.17) is 10.5 Å². The Kier molecular flexibility index (Phi) is 6.06. The maximum Gasteiger partial charge on any atom is 0.573 e. The molecule has 24 heavy (non-hydrogen) atoms. The molecule has 2 N–H and O–H groups in total. The normalized spacial score (nSPS) is 17.4. The summed E-state index contributed by atoms with van der Waals surface area (Å²) in [4.78, 5) is 13.8. The molecular weight excluding hydrogens is 325 g/mol. The van der Waals surface area contributed by atoms with Crippen LogP contribution in [0, 0.1) is 5.92 Å². The van der Waals surface area contributed by atoms with Crippen LogP contribution < -0.4 is 10.5 Å². The molecule has 1 aromatic rings. The second-order valence-corrected chi connectivity index (χ2v) is 5.87. The Morgan fingerprint density at radius 2 is 2.08 bits per heavy atom. The summed E-state index contributed by atoms with van der Waals surface area (Å²) in [6.45, 7) is 1.34. The predicted molar refractivity (Wildman–Crippen MR) is 81.1 cm³/mol. The van der Waals surface area contributed by atoms with Crippen molar-refractivity contribution in [1.82, 2.24) is 4.90 Å². The third kappa shape index (κ3) is 5.38. The molecule has 2 rings (SSSR count). The van der Waals surface area contributed by atoms with Gasteiger partial charge in [0.05, 0.1) is 6.04 Å². The number of halogens is 3. The number of ether oxygens (including phenoxy) is 2. The molecule has 0 aromatic heterocycles. The number of nitrogens with zero attached hydrogens (tertiary/aromatic N) is 1. The molecule has 1 fully saturated rings. The van der Waals surface area contributed by atoms with Crippen LogP contribution >= 0.6 is 0 Å². The van der Waals surface area contributed by atoms with Gasteiger partial charge in [0, 0.05) is 26.8 Å². The van der Waals surface area contributed by atoms with Gasteiger partial charge in [-0.1, -0.05) is 12.1 Å². The minimum atomic E-state index is -4.74. The van der Waals surface area contributed by atoms with Gasteiger partial charge in [0.15, 0.2) is 0 Å². The fourth-order valence-corrected chi connectivity index (χ4v) is 2.72. The van der Waals surface area contributed by atoms with Crippen LogP contribution in [0.5, 0.6) is 5.75 Å². The number of carbonyl (C=O) groups is 1. The summed E-state index contributed by atoms with van der Waals surface area (Å²) in [7, 11) is 1.58. The Morgan fingerprint density at radius 1 is 1.42 bits per heavy atom. The summed E-state index contributed by atoms with van der Waals surface area (Å²) < 4.78 is 45.9. The first-order valence-corrected chi connectivity index (χ1v) is 7.69. The fraction of sp³-hybridized carbons (Fsp3) is 0.562. The quantitative estimate of drug-likeness (QED) is 0.889. The van der Waals surface area contributed by atoms with Crippen molar-refractivity contribution < 1.29 is 27.4 Å². The second kappa shape index (κ2) is 7.85. The third-order valence-electron chi connectivity index (χ3n) is 3.99. The van der Waals surface area contributed by atoms with Crippen molar-refractivity contribution in [1.29, 1.82) is 0 Å².